The summed E-state index contributed by atoms with van der Waals surface area (Å²) < 4.78 is 0. The molecule has 4 heteroatoms. The molecule has 0 aromatic heterocycles. The van der Waals surface area contributed by atoms with Crippen molar-refractivity contribution in [3.05, 3.63) is 0 Å². The predicted octanol–water partition coefficient (Wildman–Crippen LogP) is 4.76. The predicted molar refractivity (Wildman–Crippen MR) is 107 cm³/mol. The van der Waals surface area contributed by atoms with Crippen LogP contribution in [0.2, 0.25) is 0 Å². The third-order valence-electron chi connectivity index (χ3n) is 4.65. The molecule has 0 aromatic carbocycles. The molecular weight excluding hydrogens is 312 g/mol. The van der Waals surface area contributed by atoms with Gasteiger partial charge in [0.15, 0.2) is 0 Å². The maximum Gasteiger partial charge on any atom is 0.219 e. The summed E-state index contributed by atoms with van der Waals surface area (Å²) >= 11 is 0. The van der Waals surface area contributed by atoms with Gasteiger partial charge in [-0.25, -0.2) is 0 Å². The van der Waals surface area contributed by atoms with Gasteiger partial charge < -0.3 is 15.4 Å². The van der Waals surface area contributed by atoms with Gasteiger partial charge in [-0.05, 0) is 39.3 Å². The molecule has 0 aliphatic rings. The number of aldehydes is 1. The molecule has 0 atom stereocenters. The first-order chi connectivity index (χ1) is 12.3. The second-order valence-electron chi connectivity index (χ2n) is 7.11. The topological polar surface area (TPSA) is 58.2 Å². The van der Waals surface area contributed by atoms with Gasteiger partial charge in [-0.1, -0.05) is 64.2 Å². The largest absolute Gasteiger partial charge is 0.356 e. The molecule has 0 fully saturated rings. The quantitative estimate of drug-likeness (QED) is 0.245. The number of carbonyl (C=O) groups excluding carboxylic acids is 2. The summed E-state index contributed by atoms with van der Waals surface area (Å²) in [4.78, 5) is 21.9. The molecule has 0 saturated carbocycles. The zero-order valence-electron chi connectivity index (χ0n) is 16.6. The highest BCUT2D eigenvalue weighted by molar-refractivity contribution is 5.75. The van der Waals surface area contributed by atoms with Gasteiger partial charge in [0.2, 0.25) is 5.91 Å². The first-order valence-corrected chi connectivity index (χ1v) is 10.7. The van der Waals surface area contributed by atoms with Crippen LogP contribution in [-0.4, -0.2) is 32.3 Å². The summed E-state index contributed by atoms with van der Waals surface area (Å²) in [6, 6.07) is 0. The summed E-state index contributed by atoms with van der Waals surface area (Å²) in [5.41, 5.74) is 0. The van der Waals surface area contributed by atoms with Crippen LogP contribution < -0.4 is 10.6 Å². The van der Waals surface area contributed by atoms with Gasteiger partial charge in [-0.3, -0.25) is 4.79 Å². The van der Waals surface area contributed by atoms with E-state index in [2.05, 4.69) is 10.6 Å². The highest BCUT2D eigenvalue weighted by Crippen LogP contribution is 2.09. The first-order valence-electron chi connectivity index (χ1n) is 10.7. The summed E-state index contributed by atoms with van der Waals surface area (Å²) in [5, 5.41) is 6.23. The molecule has 0 aromatic rings. The van der Waals surface area contributed by atoms with Crippen LogP contribution >= 0.6 is 0 Å². The molecule has 0 spiro atoms. The van der Waals surface area contributed by atoms with Crippen molar-refractivity contribution in [2.24, 2.45) is 0 Å². The summed E-state index contributed by atoms with van der Waals surface area (Å²) in [5.74, 6) is 0.213. The third kappa shape index (κ3) is 21.1. The van der Waals surface area contributed by atoms with E-state index in [1.54, 1.807) is 0 Å². The summed E-state index contributed by atoms with van der Waals surface area (Å²) in [7, 11) is 2.01. The van der Waals surface area contributed by atoms with Crippen LogP contribution in [0.25, 0.3) is 0 Å². The smallest absolute Gasteiger partial charge is 0.219 e. The van der Waals surface area contributed by atoms with Gasteiger partial charge in [0, 0.05) is 19.4 Å². The lowest BCUT2D eigenvalue weighted by atomic mass is 10.1. The van der Waals surface area contributed by atoms with E-state index in [0.29, 0.717) is 12.8 Å². The van der Waals surface area contributed by atoms with E-state index in [-0.39, 0.29) is 5.91 Å². The zero-order valence-corrected chi connectivity index (χ0v) is 16.6. The highest BCUT2D eigenvalue weighted by atomic mass is 16.1. The Bertz CT molecular complexity index is 296. The Kier molecular flexibility index (Phi) is 20.4. The third-order valence-corrected chi connectivity index (χ3v) is 4.65. The fourth-order valence-electron chi connectivity index (χ4n) is 3.02. The SMILES string of the molecule is CNCCCCCCCCCCNC(=O)CCCCCCCCC=O. The molecule has 0 heterocycles. The maximum atomic E-state index is 11.7. The van der Waals surface area contributed by atoms with Crippen LogP contribution in [0.4, 0.5) is 0 Å². The van der Waals surface area contributed by atoms with Gasteiger partial charge in [-0.2, -0.15) is 0 Å². The molecule has 0 radical (unpaired) electrons. The minimum atomic E-state index is 0.213. The lowest BCUT2D eigenvalue weighted by Crippen LogP contribution is -2.23. The molecule has 4 nitrogen and oxygen atoms in total. The number of hydrogen-bond donors (Lipinski definition) is 2. The number of unbranched alkanes of at least 4 members (excludes halogenated alkanes) is 13. The van der Waals surface area contributed by atoms with E-state index >= 15 is 0 Å². The van der Waals surface area contributed by atoms with Crippen LogP contribution in [0, 0.1) is 0 Å². The standard InChI is InChI=1S/C21H42N2O2/c1-22-18-14-10-6-2-3-7-11-15-19-23-21(25)17-13-9-5-4-8-12-16-20-24/h20,22H,2-19H2,1H3,(H,23,25). The average molecular weight is 355 g/mol. The second-order valence-corrected chi connectivity index (χ2v) is 7.11. The van der Waals surface area contributed by atoms with E-state index in [1.165, 1.54) is 57.8 Å². The van der Waals surface area contributed by atoms with Crippen molar-refractivity contribution in [2.45, 2.75) is 103 Å². The van der Waals surface area contributed by atoms with E-state index in [4.69, 9.17) is 0 Å². The fourth-order valence-corrected chi connectivity index (χ4v) is 3.02. The molecule has 1 amide bonds. The lowest BCUT2D eigenvalue weighted by Gasteiger charge is -2.06. The monoisotopic (exact) mass is 354 g/mol. The van der Waals surface area contributed by atoms with Crippen LogP contribution in [0.15, 0.2) is 0 Å². The van der Waals surface area contributed by atoms with Gasteiger partial charge in [0.05, 0.1) is 0 Å². The Hall–Kier alpha value is -0.900. The average Bonchev–Trinajstić information content (AvgIpc) is 2.62. The Morgan fingerprint density at radius 3 is 1.72 bits per heavy atom. The Balaban J connectivity index is 3.14. The normalized spacial score (nSPS) is 10.8. The molecule has 0 rings (SSSR count). The van der Waals surface area contributed by atoms with Crippen LogP contribution in [-0.2, 0) is 9.59 Å². The van der Waals surface area contributed by atoms with Crippen molar-refractivity contribution in [3.63, 3.8) is 0 Å². The van der Waals surface area contributed by atoms with Crippen LogP contribution in [0.1, 0.15) is 103 Å². The fraction of sp³-hybridized carbons (Fsp3) is 0.905. The minimum Gasteiger partial charge on any atom is -0.356 e. The van der Waals surface area contributed by atoms with Gasteiger partial charge in [0.1, 0.15) is 6.29 Å². The number of carbonyl (C=O) groups is 2. The maximum absolute atomic E-state index is 11.7. The zero-order chi connectivity index (χ0) is 18.4. The van der Waals surface area contributed by atoms with E-state index < -0.39 is 0 Å². The first kappa shape index (κ1) is 24.1. The molecule has 0 aliphatic carbocycles. The molecule has 0 bridgehead atoms. The lowest BCUT2D eigenvalue weighted by molar-refractivity contribution is -0.121. The van der Waals surface area contributed by atoms with E-state index in [0.717, 1.165) is 51.5 Å². The number of hydrogen-bond acceptors (Lipinski definition) is 3. The van der Waals surface area contributed by atoms with E-state index in [9.17, 15) is 9.59 Å². The van der Waals surface area contributed by atoms with Crippen molar-refractivity contribution < 1.29 is 9.59 Å². The highest BCUT2D eigenvalue weighted by Gasteiger charge is 2.00. The molecule has 0 unspecified atom stereocenters. The number of rotatable bonds is 20. The van der Waals surface area contributed by atoms with Gasteiger partial charge >= 0.3 is 0 Å². The molecule has 25 heavy (non-hydrogen) atoms. The summed E-state index contributed by atoms with van der Waals surface area (Å²) in [6.07, 6.45) is 19.3. The second kappa shape index (κ2) is 21.1. The molecular formula is C21H42N2O2. The minimum absolute atomic E-state index is 0.213. The molecule has 148 valence electrons. The summed E-state index contributed by atoms with van der Waals surface area (Å²) in [6.45, 7) is 1.98. The number of nitrogens with one attached hydrogen (secondary N) is 2. The van der Waals surface area contributed by atoms with Crippen molar-refractivity contribution in [1.82, 2.24) is 10.6 Å². The van der Waals surface area contributed by atoms with Crippen molar-refractivity contribution in [2.75, 3.05) is 20.1 Å². The van der Waals surface area contributed by atoms with E-state index in [1.807, 2.05) is 7.05 Å². The Labute approximate surface area is 155 Å². The van der Waals surface area contributed by atoms with Crippen LogP contribution in [0.3, 0.4) is 0 Å². The number of amides is 1. The van der Waals surface area contributed by atoms with Gasteiger partial charge in [-0.15, -0.1) is 0 Å². The Morgan fingerprint density at radius 1 is 0.680 bits per heavy atom. The molecule has 0 saturated heterocycles. The van der Waals surface area contributed by atoms with Gasteiger partial charge in [0.25, 0.3) is 0 Å². The van der Waals surface area contributed by atoms with Crippen molar-refractivity contribution in [3.8, 4) is 0 Å². The Morgan fingerprint density at radius 2 is 1.16 bits per heavy atom. The molecule has 0 aliphatic heterocycles. The molecule has 2 N–H and O–H groups in total. The van der Waals surface area contributed by atoms with Crippen molar-refractivity contribution in [1.29, 1.82) is 0 Å². The van der Waals surface area contributed by atoms with Crippen LogP contribution in [0.5, 0.6) is 0 Å². The van der Waals surface area contributed by atoms with Crippen molar-refractivity contribution >= 4 is 12.2 Å².